The minimum atomic E-state index is -0.320. The minimum Gasteiger partial charge on any atom is -0.450 e. The van der Waals surface area contributed by atoms with Crippen molar-refractivity contribution in [2.45, 2.75) is 26.2 Å². The lowest BCUT2D eigenvalue weighted by molar-refractivity contribution is -0.121. The van der Waals surface area contributed by atoms with Crippen molar-refractivity contribution >= 4 is 11.9 Å². The predicted molar refractivity (Wildman–Crippen MR) is 60.0 cm³/mol. The number of amides is 1. The Bertz CT molecular complexity index is 256. The number of likely N-dealkylation sites (tertiary alicyclic amines) is 1. The van der Waals surface area contributed by atoms with Crippen LogP contribution in [0.25, 0.3) is 0 Å². The van der Waals surface area contributed by atoms with Gasteiger partial charge in [-0.1, -0.05) is 6.42 Å². The molecule has 1 atom stereocenters. The second kappa shape index (κ2) is 6.48. The molecule has 1 rings (SSSR count). The average Bonchev–Trinajstić information content (AvgIpc) is 2.54. The standard InChI is InChI=1S/C11H20N2O3/c1-2-16-11(15)13-6-4-3-5-9(8-13)10(14)7-12/h9H,2-8,12H2,1H3. The van der Waals surface area contributed by atoms with Crippen molar-refractivity contribution < 1.29 is 14.3 Å². The van der Waals surface area contributed by atoms with Crippen LogP contribution in [0, 0.1) is 5.92 Å². The molecule has 0 aromatic rings. The van der Waals surface area contributed by atoms with Gasteiger partial charge in [-0.15, -0.1) is 0 Å². The molecule has 1 aliphatic rings. The number of Topliss-reactive ketones (excluding diaryl/α,β-unsaturated/α-hetero) is 1. The number of ketones is 1. The van der Waals surface area contributed by atoms with Crippen LogP contribution in [0.4, 0.5) is 4.79 Å². The second-order valence-electron chi connectivity index (χ2n) is 4.01. The van der Waals surface area contributed by atoms with Gasteiger partial charge in [0.15, 0.2) is 5.78 Å². The van der Waals surface area contributed by atoms with Crippen molar-refractivity contribution in [1.29, 1.82) is 0 Å². The maximum absolute atomic E-state index is 11.6. The largest absolute Gasteiger partial charge is 0.450 e. The maximum Gasteiger partial charge on any atom is 0.409 e. The van der Waals surface area contributed by atoms with E-state index in [1.807, 2.05) is 0 Å². The van der Waals surface area contributed by atoms with Crippen molar-refractivity contribution in [3.05, 3.63) is 0 Å². The van der Waals surface area contributed by atoms with Crippen LogP contribution >= 0.6 is 0 Å². The zero-order valence-electron chi connectivity index (χ0n) is 9.78. The topological polar surface area (TPSA) is 72.6 Å². The molecule has 1 amide bonds. The second-order valence-corrected chi connectivity index (χ2v) is 4.01. The first-order valence-corrected chi connectivity index (χ1v) is 5.83. The fourth-order valence-electron chi connectivity index (χ4n) is 1.95. The smallest absolute Gasteiger partial charge is 0.409 e. The van der Waals surface area contributed by atoms with Gasteiger partial charge in [0.2, 0.25) is 0 Å². The lowest BCUT2D eigenvalue weighted by Gasteiger charge is -2.22. The monoisotopic (exact) mass is 228 g/mol. The van der Waals surface area contributed by atoms with Gasteiger partial charge in [-0.3, -0.25) is 4.79 Å². The molecule has 0 radical (unpaired) electrons. The molecule has 16 heavy (non-hydrogen) atoms. The summed E-state index contributed by atoms with van der Waals surface area (Å²) in [7, 11) is 0. The number of carbonyl (C=O) groups excluding carboxylic acids is 2. The van der Waals surface area contributed by atoms with Crippen LogP contribution in [0.3, 0.4) is 0 Å². The number of rotatable bonds is 3. The first-order valence-electron chi connectivity index (χ1n) is 5.83. The van der Waals surface area contributed by atoms with Crippen LogP contribution in [0.15, 0.2) is 0 Å². The molecule has 5 heteroatoms. The molecular formula is C11H20N2O3. The van der Waals surface area contributed by atoms with E-state index in [2.05, 4.69) is 0 Å². The van der Waals surface area contributed by atoms with E-state index in [-0.39, 0.29) is 24.3 Å². The van der Waals surface area contributed by atoms with E-state index in [0.29, 0.717) is 19.7 Å². The highest BCUT2D eigenvalue weighted by Crippen LogP contribution is 2.17. The molecule has 0 bridgehead atoms. The zero-order chi connectivity index (χ0) is 12.0. The molecule has 1 unspecified atom stereocenters. The molecule has 1 saturated heterocycles. The van der Waals surface area contributed by atoms with Crippen molar-refractivity contribution in [3.63, 3.8) is 0 Å². The van der Waals surface area contributed by atoms with Crippen LogP contribution < -0.4 is 5.73 Å². The Kier molecular flexibility index (Phi) is 5.25. The number of nitrogens with two attached hydrogens (primary N) is 1. The van der Waals surface area contributed by atoms with Crippen LogP contribution in [0.2, 0.25) is 0 Å². The van der Waals surface area contributed by atoms with Gasteiger partial charge in [0.05, 0.1) is 13.2 Å². The Morgan fingerprint density at radius 3 is 2.81 bits per heavy atom. The molecule has 5 nitrogen and oxygen atoms in total. The normalized spacial score (nSPS) is 21.4. The number of hydrogen-bond acceptors (Lipinski definition) is 4. The quantitative estimate of drug-likeness (QED) is 0.774. The van der Waals surface area contributed by atoms with Gasteiger partial charge < -0.3 is 15.4 Å². The van der Waals surface area contributed by atoms with Crippen molar-refractivity contribution in [3.8, 4) is 0 Å². The van der Waals surface area contributed by atoms with Crippen LogP contribution in [0.5, 0.6) is 0 Å². The SMILES string of the molecule is CCOC(=O)N1CCCCC(C(=O)CN)C1. The highest BCUT2D eigenvalue weighted by atomic mass is 16.6. The number of carbonyl (C=O) groups is 2. The van der Waals surface area contributed by atoms with E-state index in [9.17, 15) is 9.59 Å². The van der Waals surface area contributed by atoms with Gasteiger partial charge in [0.25, 0.3) is 0 Å². The maximum atomic E-state index is 11.6. The molecule has 0 aromatic carbocycles. The molecule has 1 fully saturated rings. The summed E-state index contributed by atoms with van der Waals surface area (Å²) in [6.07, 6.45) is 2.39. The summed E-state index contributed by atoms with van der Waals surface area (Å²) in [5, 5.41) is 0. The van der Waals surface area contributed by atoms with Crippen molar-refractivity contribution in [2.24, 2.45) is 11.7 Å². The summed E-state index contributed by atoms with van der Waals surface area (Å²) in [6, 6.07) is 0. The molecule has 0 aromatic heterocycles. The van der Waals surface area contributed by atoms with E-state index in [0.717, 1.165) is 19.3 Å². The number of ether oxygens (including phenoxy) is 1. The zero-order valence-corrected chi connectivity index (χ0v) is 9.78. The summed E-state index contributed by atoms with van der Waals surface area (Å²) in [6.45, 7) is 3.33. The van der Waals surface area contributed by atoms with Gasteiger partial charge in [-0.25, -0.2) is 4.79 Å². The molecule has 0 spiro atoms. The van der Waals surface area contributed by atoms with Crippen LogP contribution in [0.1, 0.15) is 26.2 Å². The fraction of sp³-hybridized carbons (Fsp3) is 0.818. The summed E-state index contributed by atoms with van der Waals surface area (Å²) in [4.78, 5) is 24.7. The molecular weight excluding hydrogens is 208 g/mol. The van der Waals surface area contributed by atoms with E-state index in [4.69, 9.17) is 10.5 Å². The Morgan fingerprint density at radius 1 is 1.44 bits per heavy atom. The number of hydrogen-bond donors (Lipinski definition) is 1. The molecule has 2 N–H and O–H groups in total. The van der Waals surface area contributed by atoms with Crippen LogP contribution in [-0.2, 0) is 9.53 Å². The molecule has 1 heterocycles. The third-order valence-electron chi connectivity index (χ3n) is 2.85. The lowest BCUT2D eigenvalue weighted by atomic mass is 9.98. The minimum absolute atomic E-state index is 0.0381. The summed E-state index contributed by atoms with van der Waals surface area (Å²) < 4.78 is 4.94. The molecule has 92 valence electrons. The van der Waals surface area contributed by atoms with E-state index >= 15 is 0 Å². The summed E-state index contributed by atoms with van der Waals surface area (Å²) in [5.74, 6) is -0.0758. The van der Waals surface area contributed by atoms with E-state index < -0.39 is 0 Å². The van der Waals surface area contributed by atoms with E-state index in [1.165, 1.54) is 0 Å². The summed E-state index contributed by atoms with van der Waals surface area (Å²) in [5.41, 5.74) is 5.35. The lowest BCUT2D eigenvalue weighted by Crippen LogP contribution is -2.38. The highest BCUT2D eigenvalue weighted by Gasteiger charge is 2.26. The third-order valence-corrected chi connectivity index (χ3v) is 2.85. The van der Waals surface area contributed by atoms with Gasteiger partial charge in [0.1, 0.15) is 0 Å². The summed E-state index contributed by atoms with van der Waals surface area (Å²) >= 11 is 0. The van der Waals surface area contributed by atoms with Gasteiger partial charge >= 0.3 is 6.09 Å². The highest BCUT2D eigenvalue weighted by molar-refractivity contribution is 5.83. The Balaban J connectivity index is 2.58. The molecule has 0 saturated carbocycles. The van der Waals surface area contributed by atoms with Crippen molar-refractivity contribution in [2.75, 3.05) is 26.2 Å². The molecule has 0 aliphatic carbocycles. The fourth-order valence-corrected chi connectivity index (χ4v) is 1.95. The predicted octanol–water partition coefficient (Wildman–Crippen LogP) is 0.773. The Labute approximate surface area is 95.9 Å². The van der Waals surface area contributed by atoms with Gasteiger partial charge in [-0.05, 0) is 19.8 Å². The van der Waals surface area contributed by atoms with E-state index in [1.54, 1.807) is 11.8 Å². The Morgan fingerprint density at radius 2 is 2.19 bits per heavy atom. The third kappa shape index (κ3) is 3.48. The average molecular weight is 228 g/mol. The van der Waals surface area contributed by atoms with Gasteiger partial charge in [0, 0.05) is 19.0 Å². The molecule has 1 aliphatic heterocycles. The first-order chi connectivity index (χ1) is 7.69. The van der Waals surface area contributed by atoms with Crippen molar-refractivity contribution in [1.82, 2.24) is 4.90 Å². The van der Waals surface area contributed by atoms with Crippen LogP contribution in [-0.4, -0.2) is 43.0 Å². The Hall–Kier alpha value is -1.10. The first kappa shape index (κ1) is 13.0. The number of nitrogens with zero attached hydrogens (tertiary/aromatic N) is 1. The van der Waals surface area contributed by atoms with Gasteiger partial charge in [-0.2, -0.15) is 0 Å².